The van der Waals surface area contributed by atoms with Crippen LogP contribution in [0.4, 0.5) is 0 Å². The number of rotatable bonds is 7. The maximum absolute atomic E-state index is 11.9. The molecule has 4 nitrogen and oxygen atoms in total. The fourth-order valence-corrected chi connectivity index (χ4v) is 2.51. The topological polar surface area (TPSA) is 52.6 Å². The van der Waals surface area contributed by atoms with E-state index in [1.807, 2.05) is 30.3 Å². The molecule has 0 aliphatic carbocycles. The Morgan fingerprint density at radius 1 is 0.952 bits per heavy atom. The molecule has 2 aromatic rings. The number of benzene rings is 2. The maximum Gasteiger partial charge on any atom is 0.297 e. The molecule has 2 rings (SSSR count). The second-order valence-corrected chi connectivity index (χ2v) is 5.96. The van der Waals surface area contributed by atoms with Crippen molar-refractivity contribution in [2.24, 2.45) is 0 Å². The molecule has 0 aromatic heterocycles. The smallest absolute Gasteiger partial charge is 0.297 e. The Balaban J connectivity index is 1.84. The van der Waals surface area contributed by atoms with E-state index < -0.39 is 10.1 Å². The molecule has 0 radical (unpaired) electrons. The van der Waals surface area contributed by atoms with Crippen molar-refractivity contribution >= 4 is 10.1 Å². The maximum atomic E-state index is 11.9. The standard InChI is InChI=1S/C16H16O4S/c1-14(19-13-15-8-4-2-5-9-15)12-20-21(17,18)16-10-6-3-7-11-16/h2-11H,1,12-13H2. The van der Waals surface area contributed by atoms with Crippen LogP contribution in [0.5, 0.6) is 0 Å². The predicted octanol–water partition coefficient (Wildman–Crippen LogP) is 3.12. The van der Waals surface area contributed by atoms with Crippen molar-refractivity contribution in [2.75, 3.05) is 6.61 Å². The third-order valence-corrected chi connectivity index (χ3v) is 3.97. The van der Waals surface area contributed by atoms with Gasteiger partial charge in [-0.15, -0.1) is 0 Å². The van der Waals surface area contributed by atoms with E-state index in [1.165, 1.54) is 12.1 Å². The first-order valence-electron chi connectivity index (χ1n) is 6.37. The first-order chi connectivity index (χ1) is 10.1. The molecule has 0 amide bonds. The van der Waals surface area contributed by atoms with Crippen LogP contribution in [0.15, 0.2) is 77.9 Å². The predicted molar refractivity (Wildman–Crippen MR) is 80.0 cm³/mol. The van der Waals surface area contributed by atoms with Crippen LogP contribution in [0.2, 0.25) is 0 Å². The first-order valence-corrected chi connectivity index (χ1v) is 7.78. The fraction of sp³-hybridized carbons (Fsp3) is 0.125. The summed E-state index contributed by atoms with van der Waals surface area (Å²) in [5, 5.41) is 0. The summed E-state index contributed by atoms with van der Waals surface area (Å²) >= 11 is 0. The lowest BCUT2D eigenvalue weighted by Gasteiger charge is -2.10. The Bertz CT molecular complexity index is 679. The van der Waals surface area contributed by atoms with Crippen molar-refractivity contribution in [3.63, 3.8) is 0 Å². The van der Waals surface area contributed by atoms with Gasteiger partial charge < -0.3 is 4.74 Å². The molecule has 110 valence electrons. The van der Waals surface area contributed by atoms with Crippen molar-refractivity contribution < 1.29 is 17.3 Å². The summed E-state index contributed by atoms with van der Waals surface area (Å²) in [7, 11) is -3.78. The number of ether oxygens (including phenoxy) is 1. The largest absolute Gasteiger partial charge is 0.491 e. The molecular weight excluding hydrogens is 288 g/mol. The minimum Gasteiger partial charge on any atom is -0.491 e. The fourth-order valence-electron chi connectivity index (χ4n) is 1.60. The highest BCUT2D eigenvalue weighted by molar-refractivity contribution is 7.86. The van der Waals surface area contributed by atoms with Gasteiger partial charge in [-0.05, 0) is 17.7 Å². The number of hydrogen-bond acceptors (Lipinski definition) is 4. The minimum atomic E-state index is -3.78. The summed E-state index contributed by atoms with van der Waals surface area (Å²) in [6.07, 6.45) is 0. The molecule has 0 atom stereocenters. The summed E-state index contributed by atoms with van der Waals surface area (Å²) < 4.78 is 34.1. The molecule has 21 heavy (non-hydrogen) atoms. The molecule has 0 spiro atoms. The summed E-state index contributed by atoms with van der Waals surface area (Å²) in [4.78, 5) is 0.112. The number of hydrogen-bond donors (Lipinski definition) is 0. The van der Waals surface area contributed by atoms with E-state index in [9.17, 15) is 8.42 Å². The van der Waals surface area contributed by atoms with E-state index in [0.29, 0.717) is 6.61 Å². The van der Waals surface area contributed by atoms with E-state index in [0.717, 1.165) is 5.56 Å². The molecule has 0 fully saturated rings. The van der Waals surface area contributed by atoms with E-state index >= 15 is 0 Å². The quantitative estimate of drug-likeness (QED) is 0.582. The Labute approximate surface area is 124 Å². The highest BCUT2D eigenvalue weighted by atomic mass is 32.2. The average molecular weight is 304 g/mol. The van der Waals surface area contributed by atoms with Gasteiger partial charge in [-0.3, -0.25) is 4.18 Å². The van der Waals surface area contributed by atoms with E-state index in [1.54, 1.807) is 18.2 Å². The van der Waals surface area contributed by atoms with Gasteiger partial charge in [-0.1, -0.05) is 55.1 Å². The molecule has 0 aliphatic heterocycles. The zero-order valence-corrected chi connectivity index (χ0v) is 12.3. The molecule has 5 heteroatoms. The molecule has 0 aliphatic rings. The van der Waals surface area contributed by atoms with Gasteiger partial charge in [-0.2, -0.15) is 8.42 Å². The average Bonchev–Trinajstić information content (AvgIpc) is 2.53. The van der Waals surface area contributed by atoms with Crippen LogP contribution < -0.4 is 0 Å². The summed E-state index contributed by atoms with van der Waals surface area (Å²) in [5.41, 5.74) is 0.976. The molecule has 0 saturated carbocycles. The molecule has 0 bridgehead atoms. The van der Waals surface area contributed by atoms with Gasteiger partial charge in [0.25, 0.3) is 10.1 Å². The van der Waals surface area contributed by atoms with Crippen LogP contribution in [-0.2, 0) is 25.6 Å². The second-order valence-electron chi connectivity index (χ2n) is 4.34. The Kier molecular flexibility index (Phi) is 5.14. The van der Waals surface area contributed by atoms with Gasteiger partial charge in [0.1, 0.15) is 19.0 Å². The second kappa shape index (κ2) is 7.06. The van der Waals surface area contributed by atoms with Crippen LogP contribution >= 0.6 is 0 Å². The zero-order chi connectivity index (χ0) is 15.1. The summed E-state index contributed by atoms with van der Waals surface area (Å²) in [6.45, 7) is 3.78. The van der Waals surface area contributed by atoms with Crippen LogP contribution in [0, 0.1) is 0 Å². The highest BCUT2D eigenvalue weighted by Gasteiger charge is 2.15. The molecule has 0 N–H and O–H groups in total. The van der Waals surface area contributed by atoms with Gasteiger partial charge >= 0.3 is 0 Å². The van der Waals surface area contributed by atoms with Gasteiger partial charge in [0, 0.05) is 0 Å². The monoisotopic (exact) mass is 304 g/mol. The van der Waals surface area contributed by atoms with Gasteiger partial charge in [0.2, 0.25) is 0 Å². The van der Waals surface area contributed by atoms with Crippen LogP contribution in [0.1, 0.15) is 5.56 Å². The van der Waals surface area contributed by atoms with Gasteiger partial charge in [-0.25, -0.2) is 0 Å². The van der Waals surface area contributed by atoms with E-state index in [-0.39, 0.29) is 17.3 Å². The van der Waals surface area contributed by atoms with Crippen molar-refractivity contribution in [1.29, 1.82) is 0 Å². The lowest BCUT2D eigenvalue weighted by molar-refractivity contribution is 0.161. The van der Waals surface area contributed by atoms with E-state index in [4.69, 9.17) is 8.92 Å². The Morgan fingerprint density at radius 2 is 1.52 bits per heavy atom. The van der Waals surface area contributed by atoms with Gasteiger partial charge in [0.05, 0.1) is 4.90 Å². The van der Waals surface area contributed by atoms with Crippen LogP contribution in [0.3, 0.4) is 0 Å². The zero-order valence-electron chi connectivity index (χ0n) is 11.4. The van der Waals surface area contributed by atoms with Crippen molar-refractivity contribution in [3.05, 3.63) is 78.6 Å². The first kappa shape index (κ1) is 15.3. The minimum absolute atomic E-state index is 0.112. The van der Waals surface area contributed by atoms with Crippen molar-refractivity contribution in [1.82, 2.24) is 0 Å². The molecular formula is C16H16O4S. The Hall–Kier alpha value is -2.11. The highest BCUT2D eigenvalue weighted by Crippen LogP contribution is 2.13. The molecule has 0 saturated heterocycles. The third-order valence-electron chi connectivity index (χ3n) is 2.69. The SMILES string of the molecule is C=C(COS(=O)(=O)c1ccccc1)OCc1ccccc1. The normalized spacial score (nSPS) is 11.0. The Morgan fingerprint density at radius 3 is 2.14 bits per heavy atom. The lowest BCUT2D eigenvalue weighted by atomic mass is 10.2. The summed E-state index contributed by atoms with van der Waals surface area (Å²) in [5.74, 6) is 0.262. The van der Waals surface area contributed by atoms with Crippen molar-refractivity contribution in [3.8, 4) is 0 Å². The molecule has 2 aromatic carbocycles. The molecule has 0 heterocycles. The third kappa shape index (κ3) is 4.73. The van der Waals surface area contributed by atoms with Crippen LogP contribution in [-0.4, -0.2) is 15.0 Å². The summed E-state index contributed by atoms with van der Waals surface area (Å²) in [6, 6.07) is 17.5. The van der Waals surface area contributed by atoms with Crippen LogP contribution in [0.25, 0.3) is 0 Å². The molecule has 0 unspecified atom stereocenters. The lowest BCUT2D eigenvalue weighted by Crippen LogP contribution is -2.10. The van der Waals surface area contributed by atoms with E-state index in [2.05, 4.69) is 6.58 Å². The van der Waals surface area contributed by atoms with Crippen molar-refractivity contribution in [2.45, 2.75) is 11.5 Å². The van der Waals surface area contributed by atoms with Gasteiger partial charge in [0.15, 0.2) is 0 Å².